The summed E-state index contributed by atoms with van der Waals surface area (Å²) in [6.07, 6.45) is 1.71. The number of fused-ring (bicyclic) bond motifs is 1. The zero-order valence-corrected chi connectivity index (χ0v) is 17.0. The Balaban J connectivity index is 1.24. The SMILES string of the molecule is O=C(Nc1ccc(Br)cc1)c1ccc(NC(=O)[C@@H]2[C@@H]3C[C@@H]4[C@@H]2C(=O)O[C@H]4C3)cc1. The molecule has 1 aliphatic heterocycles. The largest absolute Gasteiger partial charge is 0.462 e. The molecule has 29 heavy (non-hydrogen) atoms. The topological polar surface area (TPSA) is 84.5 Å². The summed E-state index contributed by atoms with van der Waals surface area (Å²) in [4.78, 5) is 37.3. The predicted octanol–water partition coefficient (Wildman–Crippen LogP) is 3.84. The van der Waals surface area contributed by atoms with Gasteiger partial charge in [0, 0.05) is 27.3 Å². The minimum atomic E-state index is -0.313. The van der Waals surface area contributed by atoms with Crippen molar-refractivity contribution in [1.29, 1.82) is 0 Å². The summed E-state index contributed by atoms with van der Waals surface area (Å²) in [5.74, 6) is -0.767. The first-order valence-corrected chi connectivity index (χ1v) is 10.5. The number of hydrogen-bond donors (Lipinski definition) is 2. The molecule has 148 valence electrons. The van der Waals surface area contributed by atoms with E-state index in [1.54, 1.807) is 24.3 Å². The average Bonchev–Trinajstić information content (AvgIpc) is 3.33. The van der Waals surface area contributed by atoms with E-state index in [-0.39, 0.29) is 47.6 Å². The standard InChI is InChI=1S/C22H19BrN2O4/c23-13-3-7-15(8-4-13)24-20(26)11-1-5-14(6-2-11)25-21(27)18-12-9-16-17(10-12)29-22(28)19(16)18/h1-8,12,16-19H,9-10H2,(H,24,26)(H,25,27)/t12-,16+,17+,18-,19+/m1/s1. The molecular formula is C22H19BrN2O4. The monoisotopic (exact) mass is 454 g/mol. The average molecular weight is 455 g/mol. The zero-order chi connectivity index (χ0) is 20.1. The summed E-state index contributed by atoms with van der Waals surface area (Å²) in [6.45, 7) is 0. The molecule has 3 aliphatic rings. The molecule has 2 saturated carbocycles. The van der Waals surface area contributed by atoms with Crippen LogP contribution >= 0.6 is 15.9 Å². The molecule has 5 rings (SSSR count). The van der Waals surface area contributed by atoms with E-state index in [0.717, 1.165) is 17.3 Å². The third kappa shape index (κ3) is 3.23. The summed E-state index contributed by atoms with van der Waals surface area (Å²) < 4.78 is 6.34. The van der Waals surface area contributed by atoms with E-state index in [9.17, 15) is 14.4 Å². The summed E-state index contributed by atoms with van der Waals surface area (Å²) in [5.41, 5.74) is 1.81. The fraction of sp³-hybridized carbons (Fsp3) is 0.318. The van der Waals surface area contributed by atoms with Gasteiger partial charge in [0.1, 0.15) is 6.10 Å². The van der Waals surface area contributed by atoms with Crippen LogP contribution in [0.1, 0.15) is 23.2 Å². The molecule has 2 bridgehead atoms. The summed E-state index contributed by atoms with van der Waals surface area (Å²) in [5, 5.41) is 5.74. The Morgan fingerprint density at radius 2 is 1.59 bits per heavy atom. The quantitative estimate of drug-likeness (QED) is 0.687. The van der Waals surface area contributed by atoms with Crippen LogP contribution in [0.3, 0.4) is 0 Å². The van der Waals surface area contributed by atoms with Crippen molar-refractivity contribution in [3.63, 3.8) is 0 Å². The number of halogens is 1. The Labute approximate surface area is 176 Å². The van der Waals surface area contributed by atoms with Crippen LogP contribution in [0.25, 0.3) is 0 Å². The molecule has 2 aromatic rings. The van der Waals surface area contributed by atoms with E-state index < -0.39 is 0 Å². The van der Waals surface area contributed by atoms with Gasteiger partial charge < -0.3 is 15.4 Å². The second-order valence-electron chi connectivity index (χ2n) is 7.95. The zero-order valence-electron chi connectivity index (χ0n) is 15.4. The summed E-state index contributed by atoms with van der Waals surface area (Å²) >= 11 is 3.36. The number of esters is 1. The van der Waals surface area contributed by atoms with E-state index in [4.69, 9.17) is 4.74 Å². The smallest absolute Gasteiger partial charge is 0.310 e. The lowest BCUT2D eigenvalue weighted by molar-refractivity contribution is -0.145. The number of anilines is 2. The Kier molecular flexibility index (Phi) is 4.42. The minimum absolute atomic E-state index is 0.0186. The van der Waals surface area contributed by atoms with Gasteiger partial charge in [0.15, 0.2) is 0 Å². The highest BCUT2D eigenvalue weighted by molar-refractivity contribution is 9.10. The van der Waals surface area contributed by atoms with Crippen LogP contribution in [0.2, 0.25) is 0 Å². The first kappa shape index (κ1) is 18.4. The van der Waals surface area contributed by atoms with Gasteiger partial charge in [-0.05, 0) is 67.3 Å². The maximum atomic E-state index is 12.8. The van der Waals surface area contributed by atoms with Gasteiger partial charge >= 0.3 is 5.97 Å². The number of nitrogens with one attached hydrogen (secondary N) is 2. The lowest BCUT2D eigenvalue weighted by atomic mass is 9.79. The van der Waals surface area contributed by atoms with E-state index in [2.05, 4.69) is 26.6 Å². The Morgan fingerprint density at radius 1 is 0.931 bits per heavy atom. The molecule has 0 spiro atoms. The summed E-state index contributed by atoms with van der Waals surface area (Å²) in [6, 6.07) is 14.1. The van der Waals surface area contributed by atoms with Gasteiger partial charge in [-0.2, -0.15) is 0 Å². The van der Waals surface area contributed by atoms with Crippen molar-refractivity contribution >= 4 is 45.1 Å². The normalized spacial score (nSPS) is 28.9. The van der Waals surface area contributed by atoms with Crippen LogP contribution in [0, 0.1) is 23.7 Å². The van der Waals surface area contributed by atoms with Crippen LogP contribution in [-0.2, 0) is 14.3 Å². The maximum absolute atomic E-state index is 12.8. The lowest BCUT2D eigenvalue weighted by Gasteiger charge is -2.23. The van der Waals surface area contributed by atoms with Crippen LogP contribution in [0.15, 0.2) is 53.0 Å². The van der Waals surface area contributed by atoms with Gasteiger partial charge in [-0.1, -0.05) is 15.9 Å². The van der Waals surface area contributed by atoms with Crippen LogP contribution < -0.4 is 10.6 Å². The van der Waals surface area contributed by atoms with Crippen LogP contribution in [0.5, 0.6) is 0 Å². The third-order valence-electron chi connectivity index (χ3n) is 6.30. The number of ether oxygens (including phenoxy) is 1. The van der Waals surface area contributed by atoms with Gasteiger partial charge in [0.05, 0.1) is 11.8 Å². The number of amides is 2. The predicted molar refractivity (Wildman–Crippen MR) is 110 cm³/mol. The van der Waals surface area contributed by atoms with Gasteiger partial charge in [-0.25, -0.2) is 0 Å². The molecular weight excluding hydrogens is 436 g/mol. The van der Waals surface area contributed by atoms with E-state index in [1.807, 2.05) is 24.3 Å². The Morgan fingerprint density at radius 3 is 2.31 bits per heavy atom. The molecule has 2 N–H and O–H groups in total. The van der Waals surface area contributed by atoms with Crippen molar-refractivity contribution in [2.45, 2.75) is 18.9 Å². The molecule has 0 radical (unpaired) electrons. The first-order valence-electron chi connectivity index (χ1n) is 9.68. The van der Waals surface area contributed by atoms with Gasteiger partial charge in [0.25, 0.3) is 5.91 Å². The maximum Gasteiger partial charge on any atom is 0.310 e. The Hall–Kier alpha value is -2.67. The molecule has 7 heteroatoms. The first-order chi connectivity index (χ1) is 14.0. The molecule has 2 aromatic carbocycles. The van der Waals surface area contributed by atoms with Crippen LogP contribution in [-0.4, -0.2) is 23.9 Å². The fourth-order valence-corrected chi connectivity index (χ4v) is 5.29. The van der Waals surface area contributed by atoms with Crippen molar-refractivity contribution in [3.8, 4) is 0 Å². The number of hydrogen-bond acceptors (Lipinski definition) is 4. The third-order valence-corrected chi connectivity index (χ3v) is 6.83. The molecule has 5 atom stereocenters. The Bertz CT molecular complexity index is 987. The van der Waals surface area contributed by atoms with Crippen LogP contribution in [0.4, 0.5) is 11.4 Å². The van der Waals surface area contributed by atoms with E-state index in [0.29, 0.717) is 16.9 Å². The second-order valence-corrected chi connectivity index (χ2v) is 8.87. The minimum Gasteiger partial charge on any atom is -0.462 e. The number of benzene rings is 2. The summed E-state index contributed by atoms with van der Waals surface area (Å²) in [7, 11) is 0. The highest BCUT2D eigenvalue weighted by Crippen LogP contribution is 2.57. The van der Waals surface area contributed by atoms with Crippen molar-refractivity contribution < 1.29 is 19.1 Å². The fourth-order valence-electron chi connectivity index (χ4n) is 5.03. The molecule has 1 heterocycles. The lowest BCUT2D eigenvalue weighted by Crippen LogP contribution is -2.35. The second kappa shape index (κ2) is 6.99. The molecule has 6 nitrogen and oxygen atoms in total. The van der Waals surface area contributed by atoms with Gasteiger partial charge in [-0.15, -0.1) is 0 Å². The van der Waals surface area contributed by atoms with Gasteiger partial charge in [0.2, 0.25) is 5.91 Å². The highest BCUT2D eigenvalue weighted by Gasteiger charge is 2.63. The molecule has 0 unspecified atom stereocenters. The number of carbonyl (C=O) groups excluding carboxylic acids is 3. The van der Waals surface area contributed by atoms with Crippen molar-refractivity contribution in [2.75, 3.05) is 10.6 Å². The number of rotatable bonds is 4. The molecule has 2 amide bonds. The molecule has 3 fully saturated rings. The van der Waals surface area contributed by atoms with Crippen molar-refractivity contribution in [2.24, 2.45) is 23.7 Å². The van der Waals surface area contributed by atoms with Gasteiger partial charge in [-0.3, -0.25) is 14.4 Å². The molecule has 2 aliphatic carbocycles. The number of carbonyl (C=O) groups is 3. The molecule has 1 saturated heterocycles. The van der Waals surface area contributed by atoms with E-state index in [1.165, 1.54) is 0 Å². The van der Waals surface area contributed by atoms with E-state index >= 15 is 0 Å². The molecule has 0 aromatic heterocycles. The van der Waals surface area contributed by atoms with Crippen molar-refractivity contribution in [3.05, 3.63) is 58.6 Å². The van der Waals surface area contributed by atoms with Crippen molar-refractivity contribution in [1.82, 2.24) is 0 Å². The highest BCUT2D eigenvalue weighted by atomic mass is 79.9.